The zero-order valence-corrected chi connectivity index (χ0v) is 13.3. The molecule has 0 aliphatic carbocycles. The van der Waals surface area contributed by atoms with Gasteiger partial charge in [0.1, 0.15) is 11.4 Å². The Morgan fingerprint density at radius 2 is 1.56 bits per heavy atom. The molecule has 1 aromatic heterocycles. The van der Waals surface area contributed by atoms with Crippen LogP contribution in [0.3, 0.4) is 0 Å². The van der Waals surface area contributed by atoms with Crippen molar-refractivity contribution in [3.8, 4) is 17.0 Å². The van der Waals surface area contributed by atoms with E-state index >= 15 is 0 Å². The Kier molecular flexibility index (Phi) is 3.67. The highest BCUT2D eigenvalue weighted by atomic mass is 16.3. The average Bonchev–Trinajstić information content (AvgIpc) is 3.04. The molecule has 0 fully saturated rings. The van der Waals surface area contributed by atoms with Crippen LogP contribution in [0, 0.1) is 0 Å². The Hall–Kier alpha value is -3.60. The predicted molar refractivity (Wildman–Crippen MR) is 97.7 cm³/mol. The highest BCUT2D eigenvalue weighted by molar-refractivity contribution is 6.02. The number of para-hydroxylation sites is 3. The number of carbonyl (C=O) groups is 1. The molecule has 5 heteroatoms. The minimum atomic E-state index is -0.431. The van der Waals surface area contributed by atoms with E-state index in [1.54, 1.807) is 18.2 Å². The maximum Gasteiger partial charge on any atom is 0.347 e. The SMILES string of the molecule is O=C(Nc1ccccc1O)n1nc(-c2ccccc2)c2ccccc21. The molecule has 5 nitrogen and oxygen atoms in total. The first kappa shape index (κ1) is 15.0. The molecular formula is C20H15N3O2. The van der Waals surface area contributed by atoms with Crippen LogP contribution in [0.4, 0.5) is 10.5 Å². The summed E-state index contributed by atoms with van der Waals surface area (Å²) in [6, 6.07) is 23.5. The van der Waals surface area contributed by atoms with Gasteiger partial charge in [-0.25, -0.2) is 4.79 Å². The summed E-state index contributed by atoms with van der Waals surface area (Å²) in [7, 11) is 0. The van der Waals surface area contributed by atoms with Gasteiger partial charge >= 0.3 is 6.03 Å². The molecule has 1 amide bonds. The van der Waals surface area contributed by atoms with E-state index in [9.17, 15) is 9.90 Å². The summed E-state index contributed by atoms with van der Waals surface area (Å²) in [5, 5.41) is 18.0. The van der Waals surface area contributed by atoms with Gasteiger partial charge in [-0.3, -0.25) is 0 Å². The molecule has 0 saturated heterocycles. The highest BCUT2D eigenvalue weighted by Crippen LogP contribution is 2.28. The molecule has 0 radical (unpaired) electrons. The van der Waals surface area contributed by atoms with Gasteiger partial charge in [0.2, 0.25) is 0 Å². The number of rotatable bonds is 2. The zero-order valence-electron chi connectivity index (χ0n) is 13.3. The van der Waals surface area contributed by atoms with Gasteiger partial charge in [0.05, 0.1) is 11.2 Å². The van der Waals surface area contributed by atoms with E-state index in [-0.39, 0.29) is 5.75 Å². The molecule has 0 unspecified atom stereocenters. The number of benzene rings is 3. The third kappa shape index (κ3) is 2.72. The van der Waals surface area contributed by atoms with Crippen molar-refractivity contribution in [1.82, 2.24) is 9.78 Å². The summed E-state index contributed by atoms with van der Waals surface area (Å²) < 4.78 is 1.32. The Morgan fingerprint density at radius 1 is 0.880 bits per heavy atom. The molecule has 0 atom stereocenters. The van der Waals surface area contributed by atoms with Crippen LogP contribution in [0.2, 0.25) is 0 Å². The maximum atomic E-state index is 12.7. The Morgan fingerprint density at radius 3 is 2.36 bits per heavy atom. The monoisotopic (exact) mass is 329 g/mol. The van der Waals surface area contributed by atoms with Gasteiger partial charge in [0, 0.05) is 10.9 Å². The summed E-state index contributed by atoms with van der Waals surface area (Å²) in [4.78, 5) is 12.7. The number of phenols is 1. The fourth-order valence-electron chi connectivity index (χ4n) is 2.78. The van der Waals surface area contributed by atoms with Crippen LogP contribution in [0.1, 0.15) is 0 Å². The smallest absolute Gasteiger partial charge is 0.347 e. The summed E-state index contributed by atoms with van der Waals surface area (Å²) in [5.41, 5.74) is 2.72. The van der Waals surface area contributed by atoms with Gasteiger partial charge in [-0.15, -0.1) is 0 Å². The third-order valence-electron chi connectivity index (χ3n) is 3.97. The van der Waals surface area contributed by atoms with Crippen LogP contribution in [-0.2, 0) is 0 Å². The fourth-order valence-corrected chi connectivity index (χ4v) is 2.78. The predicted octanol–water partition coefficient (Wildman–Crippen LogP) is 4.49. The number of aromatic nitrogens is 2. The lowest BCUT2D eigenvalue weighted by Crippen LogP contribution is -2.20. The van der Waals surface area contributed by atoms with Crippen LogP contribution in [-0.4, -0.2) is 20.9 Å². The van der Waals surface area contributed by atoms with Gasteiger partial charge in [-0.1, -0.05) is 60.7 Å². The van der Waals surface area contributed by atoms with Gasteiger partial charge < -0.3 is 10.4 Å². The minimum absolute atomic E-state index is 0.00981. The number of phenolic OH excluding ortho intramolecular Hbond substituents is 1. The molecule has 0 saturated carbocycles. The van der Waals surface area contributed by atoms with E-state index in [2.05, 4.69) is 10.4 Å². The van der Waals surface area contributed by atoms with Crippen LogP contribution in [0.15, 0.2) is 78.9 Å². The molecule has 0 bridgehead atoms. The number of hydrogen-bond acceptors (Lipinski definition) is 3. The number of nitrogens with zero attached hydrogens (tertiary/aromatic N) is 2. The number of anilines is 1. The minimum Gasteiger partial charge on any atom is -0.506 e. The molecule has 1 heterocycles. The average molecular weight is 329 g/mol. The third-order valence-corrected chi connectivity index (χ3v) is 3.97. The molecule has 2 N–H and O–H groups in total. The topological polar surface area (TPSA) is 67.2 Å². The Balaban J connectivity index is 1.80. The number of carbonyl (C=O) groups excluding carboxylic acids is 1. The molecule has 0 spiro atoms. The van der Waals surface area contributed by atoms with Crippen molar-refractivity contribution in [2.75, 3.05) is 5.32 Å². The summed E-state index contributed by atoms with van der Waals surface area (Å²) in [6.45, 7) is 0. The van der Waals surface area contributed by atoms with Crippen LogP contribution in [0.5, 0.6) is 5.75 Å². The van der Waals surface area contributed by atoms with Crippen molar-refractivity contribution in [3.05, 3.63) is 78.9 Å². The molecule has 3 aromatic carbocycles. The van der Waals surface area contributed by atoms with Crippen LogP contribution >= 0.6 is 0 Å². The molecule has 4 rings (SSSR count). The fraction of sp³-hybridized carbons (Fsp3) is 0. The summed E-state index contributed by atoms with van der Waals surface area (Å²) in [6.07, 6.45) is 0. The van der Waals surface area contributed by atoms with Crippen molar-refractivity contribution in [2.45, 2.75) is 0 Å². The lowest BCUT2D eigenvalue weighted by molar-refractivity contribution is 0.251. The second kappa shape index (κ2) is 6.13. The van der Waals surface area contributed by atoms with Crippen LogP contribution < -0.4 is 5.32 Å². The lowest BCUT2D eigenvalue weighted by Gasteiger charge is -2.07. The van der Waals surface area contributed by atoms with Crippen molar-refractivity contribution in [1.29, 1.82) is 0 Å². The van der Waals surface area contributed by atoms with Crippen molar-refractivity contribution in [2.24, 2.45) is 0 Å². The van der Waals surface area contributed by atoms with Gasteiger partial charge in [0.15, 0.2) is 0 Å². The quantitative estimate of drug-likeness (QED) is 0.533. The first-order valence-electron chi connectivity index (χ1n) is 7.86. The number of fused-ring (bicyclic) bond motifs is 1. The molecule has 0 aliphatic heterocycles. The molecule has 0 aliphatic rings. The first-order valence-corrected chi connectivity index (χ1v) is 7.86. The number of amides is 1. The van der Waals surface area contributed by atoms with Crippen LogP contribution in [0.25, 0.3) is 22.2 Å². The van der Waals surface area contributed by atoms with E-state index in [4.69, 9.17) is 0 Å². The standard InChI is InChI=1S/C20H15N3O2/c24-18-13-7-5-11-16(18)21-20(25)23-17-12-6-4-10-15(17)19(22-23)14-8-2-1-3-9-14/h1-13,24H,(H,21,25). The van der Waals surface area contributed by atoms with E-state index in [0.29, 0.717) is 11.2 Å². The second-order valence-electron chi connectivity index (χ2n) is 5.59. The maximum absolute atomic E-state index is 12.7. The number of aromatic hydroxyl groups is 1. The van der Waals surface area contributed by atoms with Crippen molar-refractivity contribution in [3.63, 3.8) is 0 Å². The molecule has 4 aromatic rings. The Labute approximate surface area is 144 Å². The number of nitrogens with one attached hydrogen (secondary N) is 1. The van der Waals surface area contributed by atoms with Crippen molar-refractivity contribution < 1.29 is 9.90 Å². The van der Waals surface area contributed by atoms with E-state index in [0.717, 1.165) is 16.6 Å². The number of hydrogen-bond donors (Lipinski definition) is 2. The van der Waals surface area contributed by atoms with Gasteiger partial charge in [-0.2, -0.15) is 9.78 Å². The molecule has 25 heavy (non-hydrogen) atoms. The van der Waals surface area contributed by atoms with Gasteiger partial charge in [-0.05, 0) is 18.2 Å². The van der Waals surface area contributed by atoms with Gasteiger partial charge in [0.25, 0.3) is 0 Å². The molecule has 122 valence electrons. The molecular weight excluding hydrogens is 314 g/mol. The highest BCUT2D eigenvalue weighted by Gasteiger charge is 2.17. The zero-order chi connectivity index (χ0) is 17.2. The Bertz CT molecular complexity index is 1050. The van der Waals surface area contributed by atoms with Crippen molar-refractivity contribution >= 4 is 22.6 Å². The lowest BCUT2D eigenvalue weighted by atomic mass is 10.1. The first-order chi connectivity index (χ1) is 12.2. The largest absolute Gasteiger partial charge is 0.506 e. The summed E-state index contributed by atoms with van der Waals surface area (Å²) >= 11 is 0. The summed E-state index contributed by atoms with van der Waals surface area (Å²) in [5.74, 6) is 0.00981. The second-order valence-corrected chi connectivity index (χ2v) is 5.59. The normalized spacial score (nSPS) is 10.7. The van der Waals surface area contributed by atoms with E-state index < -0.39 is 6.03 Å². The van der Waals surface area contributed by atoms with E-state index in [1.165, 1.54) is 10.7 Å². The van der Waals surface area contributed by atoms with E-state index in [1.807, 2.05) is 54.6 Å².